The van der Waals surface area contributed by atoms with Gasteiger partial charge in [-0.25, -0.2) is 0 Å². The Kier molecular flexibility index (Phi) is 4.69. The van der Waals surface area contributed by atoms with E-state index in [4.69, 9.17) is 10.5 Å². The molecular formula is C19H25NO. The molecule has 112 valence electrons. The van der Waals surface area contributed by atoms with Gasteiger partial charge in [0.2, 0.25) is 0 Å². The lowest BCUT2D eigenvalue weighted by Crippen LogP contribution is -2.14. The van der Waals surface area contributed by atoms with Crippen molar-refractivity contribution >= 4 is 0 Å². The van der Waals surface area contributed by atoms with Crippen LogP contribution in [0.15, 0.2) is 30.3 Å². The van der Waals surface area contributed by atoms with Crippen molar-refractivity contribution in [3.8, 4) is 5.75 Å². The molecular weight excluding hydrogens is 258 g/mol. The third kappa shape index (κ3) is 3.45. The number of methoxy groups -OCH3 is 1. The lowest BCUT2D eigenvalue weighted by Gasteiger charge is -2.17. The topological polar surface area (TPSA) is 35.2 Å². The van der Waals surface area contributed by atoms with E-state index in [1.165, 1.54) is 22.3 Å². The maximum absolute atomic E-state index is 6.40. The first kappa shape index (κ1) is 15.6. The van der Waals surface area contributed by atoms with Crippen LogP contribution in [0.25, 0.3) is 0 Å². The van der Waals surface area contributed by atoms with Crippen LogP contribution in [0.4, 0.5) is 0 Å². The number of benzene rings is 2. The van der Waals surface area contributed by atoms with Crippen LogP contribution in [0.3, 0.4) is 0 Å². The fraction of sp³-hybridized carbons (Fsp3) is 0.368. The number of hydrogen-bond donors (Lipinski definition) is 1. The van der Waals surface area contributed by atoms with Crippen molar-refractivity contribution in [1.82, 2.24) is 0 Å². The second kappa shape index (κ2) is 6.31. The fourth-order valence-corrected chi connectivity index (χ4v) is 2.82. The number of aryl methyl sites for hydroxylation is 4. The molecule has 0 aromatic heterocycles. The Morgan fingerprint density at radius 3 is 2.05 bits per heavy atom. The van der Waals surface area contributed by atoms with E-state index in [-0.39, 0.29) is 6.04 Å². The molecule has 0 aliphatic rings. The molecule has 2 N–H and O–H groups in total. The van der Waals surface area contributed by atoms with Crippen molar-refractivity contribution < 1.29 is 4.74 Å². The van der Waals surface area contributed by atoms with Gasteiger partial charge in [0.15, 0.2) is 0 Å². The summed E-state index contributed by atoms with van der Waals surface area (Å²) in [4.78, 5) is 0. The maximum atomic E-state index is 6.40. The van der Waals surface area contributed by atoms with Crippen LogP contribution in [0.1, 0.15) is 39.4 Å². The van der Waals surface area contributed by atoms with Crippen molar-refractivity contribution in [1.29, 1.82) is 0 Å². The first-order valence-electron chi connectivity index (χ1n) is 7.39. The summed E-state index contributed by atoms with van der Waals surface area (Å²) >= 11 is 0. The highest BCUT2D eigenvalue weighted by Gasteiger charge is 2.12. The maximum Gasteiger partial charge on any atom is 0.124 e. The summed E-state index contributed by atoms with van der Waals surface area (Å²) in [5.74, 6) is 0.956. The van der Waals surface area contributed by atoms with Crippen LogP contribution >= 0.6 is 0 Å². The van der Waals surface area contributed by atoms with E-state index < -0.39 is 0 Å². The molecule has 2 rings (SSSR count). The molecule has 0 amide bonds. The van der Waals surface area contributed by atoms with Gasteiger partial charge in [0.1, 0.15) is 5.75 Å². The average Bonchev–Trinajstić information content (AvgIpc) is 2.42. The van der Waals surface area contributed by atoms with E-state index >= 15 is 0 Å². The quantitative estimate of drug-likeness (QED) is 0.914. The van der Waals surface area contributed by atoms with Gasteiger partial charge in [-0.05, 0) is 67.5 Å². The van der Waals surface area contributed by atoms with E-state index in [1.54, 1.807) is 7.11 Å². The number of rotatable bonds is 4. The van der Waals surface area contributed by atoms with Gasteiger partial charge in [0.25, 0.3) is 0 Å². The first-order valence-corrected chi connectivity index (χ1v) is 7.39. The molecule has 0 aliphatic carbocycles. The fourth-order valence-electron chi connectivity index (χ4n) is 2.82. The van der Waals surface area contributed by atoms with Crippen LogP contribution in [0.2, 0.25) is 0 Å². The summed E-state index contributed by atoms with van der Waals surface area (Å²) in [5.41, 5.74) is 13.8. The van der Waals surface area contributed by atoms with Gasteiger partial charge in [-0.15, -0.1) is 0 Å². The molecule has 2 heteroatoms. The van der Waals surface area contributed by atoms with Gasteiger partial charge in [-0.2, -0.15) is 0 Å². The van der Waals surface area contributed by atoms with Crippen LogP contribution < -0.4 is 10.5 Å². The Balaban J connectivity index is 2.24. The summed E-state index contributed by atoms with van der Waals surface area (Å²) in [6, 6.07) is 10.9. The second-order valence-electron chi connectivity index (χ2n) is 5.92. The highest BCUT2D eigenvalue weighted by Crippen LogP contribution is 2.28. The molecule has 21 heavy (non-hydrogen) atoms. The normalized spacial score (nSPS) is 12.3. The number of nitrogens with two attached hydrogens (primary N) is 1. The minimum absolute atomic E-state index is 0.00964. The molecule has 0 saturated carbocycles. The lowest BCUT2D eigenvalue weighted by molar-refractivity contribution is 0.408. The minimum atomic E-state index is 0.00964. The van der Waals surface area contributed by atoms with Gasteiger partial charge in [-0.1, -0.05) is 30.3 Å². The van der Waals surface area contributed by atoms with Crippen LogP contribution in [-0.2, 0) is 6.42 Å². The molecule has 0 spiro atoms. The van der Waals surface area contributed by atoms with Crippen LogP contribution in [-0.4, -0.2) is 7.11 Å². The van der Waals surface area contributed by atoms with Gasteiger partial charge >= 0.3 is 0 Å². The van der Waals surface area contributed by atoms with E-state index in [0.29, 0.717) is 0 Å². The summed E-state index contributed by atoms with van der Waals surface area (Å²) < 4.78 is 5.42. The highest BCUT2D eigenvalue weighted by atomic mass is 16.5. The molecule has 0 heterocycles. The van der Waals surface area contributed by atoms with Gasteiger partial charge in [0.05, 0.1) is 7.11 Å². The Hall–Kier alpha value is -1.80. The van der Waals surface area contributed by atoms with Crippen molar-refractivity contribution in [3.63, 3.8) is 0 Å². The van der Waals surface area contributed by atoms with Gasteiger partial charge < -0.3 is 10.5 Å². The summed E-state index contributed by atoms with van der Waals surface area (Å²) in [5, 5.41) is 0. The predicted octanol–water partition coefficient (Wildman–Crippen LogP) is 4.17. The standard InChI is InChI=1S/C19H25NO/c1-12-6-7-16(8-13(12)2)11-18(20)17-9-14(3)19(21-5)15(4)10-17/h6-10,18H,11,20H2,1-5H3. The molecule has 2 aromatic rings. The molecule has 1 atom stereocenters. The highest BCUT2D eigenvalue weighted by molar-refractivity contribution is 5.44. The third-order valence-electron chi connectivity index (χ3n) is 4.14. The smallest absolute Gasteiger partial charge is 0.124 e. The van der Waals surface area contributed by atoms with Crippen LogP contribution in [0, 0.1) is 27.7 Å². The van der Waals surface area contributed by atoms with Crippen LogP contribution in [0.5, 0.6) is 5.75 Å². The summed E-state index contributed by atoms with van der Waals surface area (Å²) in [6.45, 7) is 8.41. The zero-order chi connectivity index (χ0) is 15.6. The number of ether oxygens (including phenoxy) is 1. The Morgan fingerprint density at radius 2 is 1.52 bits per heavy atom. The monoisotopic (exact) mass is 283 g/mol. The summed E-state index contributed by atoms with van der Waals surface area (Å²) in [6.07, 6.45) is 0.854. The average molecular weight is 283 g/mol. The predicted molar refractivity (Wildman–Crippen MR) is 89.0 cm³/mol. The molecule has 0 bridgehead atoms. The van der Waals surface area contributed by atoms with Crippen molar-refractivity contribution in [2.75, 3.05) is 7.11 Å². The Morgan fingerprint density at radius 1 is 0.905 bits per heavy atom. The minimum Gasteiger partial charge on any atom is -0.496 e. The van der Waals surface area contributed by atoms with E-state index in [2.05, 4.69) is 58.0 Å². The largest absolute Gasteiger partial charge is 0.496 e. The van der Waals surface area contributed by atoms with Crippen molar-refractivity contribution in [2.24, 2.45) is 5.73 Å². The van der Waals surface area contributed by atoms with Gasteiger partial charge in [-0.3, -0.25) is 0 Å². The zero-order valence-electron chi connectivity index (χ0n) is 13.7. The lowest BCUT2D eigenvalue weighted by atomic mass is 9.94. The molecule has 0 aliphatic heterocycles. The summed E-state index contributed by atoms with van der Waals surface area (Å²) in [7, 11) is 1.71. The van der Waals surface area contributed by atoms with E-state index in [9.17, 15) is 0 Å². The molecule has 2 nitrogen and oxygen atoms in total. The Bertz CT molecular complexity index is 623. The molecule has 2 aromatic carbocycles. The van der Waals surface area contributed by atoms with E-state index in [0.717, 1.165) is 23.3 Å². The SMILES string of the molecule is COc1c(C)cc(C(N)Cc2ccc(C)c(C)c2)cc1C. The molecule has 0 radical (unpaired) electrons. The molecule has 0 fully saturated rings. The molecule has 1 unspecified atom stereocenters. The van der Waals surface area contributed by atoms with Crippen molar-refractivity contribution in [3.05, 3.63) is 63.7 Å². The number of hydrogen-bond acceptors (Lipinski definition) is 2. The molecule has 0 saturated heterocycles. The van der Waals surface area contributed by atoms with E-state index in [1.807, 2.05) is 0 Å². The first-order chi connectivity index (χ1) is 9.92. The third-order valence-corrected chi connectivity index (χ3v) is 4.14. The Labute approximate surface area is 127 Å². The van der Waals surface area contributed by atoms with Crippen molar-refractivity contribution in [2.45, 2.75) is 40.2 Å². The zero-order valence-corrected chi connectivity index (χ0v) is 13.7. The van der Waals surface area contributed by atoms with Gasteiger partial charge in [0, 0.05) is 6.04 Å². The second-order valence-corrected chi connectivity index (χ2v) is 5.92.